The first-order valence-corrected chi connectivity index (χ1v) is 14.2. The van der Waals surface area contributed by atoms with E-state index in [0.29, 0.717) is 12.2 Å². The van der Waals surface area contributed by atoms with Crippen molar-refractivity contribution in [2.75, 3.05) is 12.4 Å². The predicted octanol–water partition coefficient (Wildman–Crippen LogP) is 2.83. The first-order valence-electron chi connectivity index (χ1n) is 11.7. The summed E-state index contributed by atoms with van der Waals surface area (Å²) in [7, 11) is -4.04. The molecule has 0 aliphatic carbocycles. The van der Waals surface area contributed by atoms with Gasteiger partial charge in [0.2, 0.25) is 0 Å². The fourth-order valence-electron chi connectivity index (χ4n) is 4.11. The van der Waals surface area contributed by atoms with E-state index >= 15 is 0 Å². The number of aromatic nitrogens is 2. The fourth-order valence-corrected chi connectivity index (χ4v) is 6.97. The van der Waals surface area contributed by atoms with Crippen LogP contribution in [0.2, 0.25) is 0 Å². The molecule has 0 bridgehead atoms. The number of benzene rings is 1. The van der Waals surface area contributed by atoms with E-state index in [0.717, 1.165) is 12.2 Å². The van der Waals surface area contributed by atoms with Crippen molar-refractivity contribution in [1.29, 1.82) is 0 Å². The number of esters is 1. The monoisotopic (exact) mass is 539 g/mol. The van der Waals surface area contributed by atoms with Crippen molar-refractivity contribution >= 4 is 25.5 Å². The van der Waals surface area contributed by atoms with E-state index < -0.39 is 43.3 Å². The second-order valence-corrected chi connectivity index (χ2v) is 12.2. The molecule has 2 aromatic rings. The highest BCUT2D eigenvalue weighted by molar-refractivity contribution is 8.02. The molecule has 0 radical (unpaired) electrons. The molecule has 2 aliphatic rings. The molecule has 1 aromatic carbocycles. The lowest BCUT2D eigenvalue weighted by Gasteiger charge is -2.41. The maximum atomic E-state index is 13.7. The Morgan fingerprint density at radius 2 is 2.00 bits per heavy atom. The van der Waals surface area contributed by atoms with Crippen LogP contribution in [0.4, 0.5) is 0 Å². The van der Waals surface area contributed by atoms with Crippen molar-refractivity contribution in [2.45, 2.75) is 62.8 Å². The van der Waals surface area contributed by atoms with Gasteiger partial charge in [-0.1, -0.05) is 18.2 Å². The molecular formula is C23H30N3O8PS. The SMILES string of the molecule is CC(C)OC(=O)C(C)NP(=O)(OCC1C[C@]2(CCS2)C(n2ccc(=O)[nH]c2=O)O1)Oc1ccccc1. The average molecular weight is 540 g/mol. The Morgan fingerprint density at radius 1 is 1.28 bits per heavy atom. The minimum Gasteiger partial charge on any atom is -0.462 e. The number of thioether (sulfide) groups is 1. The molecule has 36 heavy (non-hydrogen) atoms. The molecule has 13 heteroatoms. The number of hydrogen-bond donors (Lipinski definition) is 2. The normalized spacial score (nSPS) is 25.8. The Labute approximate surface area is 212 Å². The zero-order chi connectivity index (χ0) is 25.9. The summed E-state index contributed by atoms with van der Waals surface area (Å²) in [5.74, 6) is 0.622. The van der Waals surface area contributed by atoms with Crippen molar-refractivity contribution in [3.63, 3.8) is 0 Å². The number of carbonyl (C=O) groups excluding carboxylic acids is 1. The predicted molar refractivity (Wildman–Crippen MR) is 134 cm³/mol. The van der Waals surface area contributed by atoms with Crippen molar-refractivity contribution in [2.24, 2.45) is 0 Å². The first-order chi connectivity index (χ1) is 17.1. The van der Waals surface area contributed by atoms with Crippen molar-refractivity contribution in [3.05, 3.63) is 63.4 Å². The molecular weight excluding hydrogens is 509 g/mol. The van der Waals surface area contributed by atoms with Gasteiger partial charge in [-0.2, -0.15) is 16.8 Å². The molecule has 2 aliphatic heterocycles. The van der Waals surface area contributed by atoms with Gasteiger partial charge in [-0.25, -0.2) is 9.36 Å². The molecule has 0 saturated carbocycles. The standard InChI is InChI=1S/C23H30N3O8PS/c1-15(2)32-20(28)16(3)25-35(30,34-17-7-5-4-6-8-17)31-14-18-13-23(10-12-36-23)21(33-18)26-11-9-19(27)24-22(26)29/h4-9,11,15-16,18,21H,10,12-14H2,1-3H3,(H,25,30)(H,24,27,29)/t16?,18?,21?,23-,35?/m1/s1. The van der Waals surface area contributed by atoms with Crippen LogP contribution in [0.5, 0.6) is 5.75 Å². The van der Waals surface area contributed by atoms with Crippen molar-refractivity contribution in [3.8, 4) is 5.75 Å². The van der Waals surface area contributed by atoms with Crippen LogP contribution in [0.1, 0.15) is 39.8 Å². The molecule has 196 valence electrons. The van der Waals surface area contributed by atoms with Crippen LogP contribution in [0.3, 0.4) is 0 Å². The molecule has 5 atom stereocenters. The topological polar surface area (TPSA) is 138 Å². The quantitative estimate of drug-likeness (QED) is 0.342. The Morgan fingerprint density at radius 3 is 2.61 bits per heavy atom. The number of para-hydroxylation sites is 1. The fraction of sp³-hybridized carbons (Fsp3) is 0.522. The summed E-state index contributed by atoms with van der Waals surface area (Å²) in [6, 6.07) is 8.79. The second-order valence-electron chi connectivity index (χ2n) is 9.03. The van der Waals surface area contributed by atoms with Crippen LogP contribution < -0.4 is 20.9 Å². The number of nitrogens with one attached hydrogen (secondary N) is 2. The summed E-state index contributed by atoms with van der Waals surface area (Å²) >= 11 is 1.68. The maximum Gasteiger partial charge on any atom is 0.459 e. The molecule has 11 nitrogen and oxygen atoms in total. The van der Waals surface area contributed by atoms with E-state index in [9.17, 15) is 18.9 Å². The summed E-state index contributed by atoms with van der Waals surface area (Å²) in [6.07, 6.45) is 1.32. The van der Waals surface area contributed by atoms with Crippen LogP contribution in [-0.2, 0) is 23.4 Å². The lowest BCUT2D eigenvalue weighted by molar-refractivity contribution is -0.149. The van der Waals surface area contributed by atoms with Crippen molar-refractivity contribution in [1.82, 2.24) is 14.6 Å². The molecule has 4 unspecified atom stereocenters. The molecule has 2 N–H and O–H groups in total. The van der Waals surface area contributed by atoms with Gasteiger partial charge in [0.1, 0.15) is 11.8 Å². The highest BCUT2D eigenvalue weighted by Crippen LogP contribution is 2.57. The minimum absolute atomic E-state index is 0.111. The first kappa shape index (κ1) is 26.7. The number of hydrogen-bond acceptors (Lipinski definition) is 9. The highest BCUT2D eigenvalue weighted by atomic mass is 32.2. The summed E-state index contributed by atoms with van der Waals surface area (Å²) in [4.78, 5) is 38.5. The van der Waals surface area contributed by atoms with Gasteiger partial charge in [0.05, 0.1) is 23.6 Å². The summed E-state index contributed by atoms with van der Waals surface area (Å²) < 4.78 is 37.6. The molecule has 0 amide bonds. The van der Waals surface area contributed by atoms with E-state index in [-0.39, 0.29) is 17.5 Å². The third kappa shape index (κ3) is 6.12. The van der Waals surface area contributed by atoms with Gasteiger partial charge in [0, 0.05) is 12.3 Å². The largest absolute Gasteiger partial charge is 0.462 e. The van der Waals surface area contributed by atoms with Crippen LogP contribution in [0.15, 0.2) is 52.2 Å². The van der Waals surface area contributed by atoms with Gasteiger partial charge in [-0.3, -0.25) is 23.7 Å². The molecule has 2 fully saturated rings. The van der Waals surface area contributed by atoms with E-state index in [4.69, 9.17) is 18.5 Å². The van der Waals surface area contributed by atoms with Gasteiger partial charge < -0.3 is 14.0 Å². The lowest BCUT2D eigenvalue weighted by atomic mass is 9.97. The van der Waals surface area contributed by atoms with Gasteiger partial charge in [-0.15, -0.1) is 0 Å². The Hall–Kier alpha value is -2.37. The van der Waals surface area contributed by atoms with E-state index in [1.165, 1.54) is 23.8 Å². The van der Waals surface area contributed by atoms with Crippen LogP contribution in [0, 0.1) is 0 Å². The van der Waals surface area contributed by atoms with Crippen LogP contribution in [-0.4, -0.2) is 50.9 Å². The Bertz CT molecular complexity index is 1230. The molecule has 1 spiro atoms. The summed E-state index contributed by atoms with van der Waals surface area (Å²) in [5.41, 5.74) is -1.04. The second kappa shape index (κ2) is 10.9. The number of nitrogens with zero attached hydrogens (tertiary/aromatic N) is 1. The van der Waals surface area contributed by atoms with Gasteiger partial charge in [0.15, 0.2) is 6.23 Å². The number of ether oxygens (including phenoxy) is 2. The average Bonchev–Trinajstić information content (AvgIpc) is 3.18. The molecule has 1 aromatic heterocycles. The Kier molecular flexibility index (Phi) is 8.11. The summed E-state index contributed by atoms with van der Waals surface area (Å²) in [6.45, 7) is 4.84. The number of carbonyl (C=O) groups is 1. The third-order valence-corrected chi connectivity index (χ3v) is 9.02. The highest BCUT2D eigenvalue weighted by Gasteiger charge is 2.54. The van der Waals surface area contributed by atoms with Gasteiger partial charge in [-0.05, 0) is 51.5 Å². The molecule has 2 saturated heterocycles. The number of rotatable bonds is 10. The number of H-pyrrole nitrogens is 1. The molecule has 3 heterocycles. The smallest absolute Gasteiger partial charge is 0.459 e. The summed E-state index contributed by atoms with van der Waals surface area (Å²) in [5, 5.41) is 2.66. The van der Waals surface area contributed by atoms with E-state index in [1.54, 1.807) is 55.9 Å². The Balaban J connectivity index is 1.49. The third-order valence-electron chi connectivity index (χ3n) is 5.82. The van der Waals surface area contributed by atoms with Crippen LogP contribution >= 0.6 is 19.5 Å². The zero-order valence-electron chi connectivity index (χ0n) is 20.2. The van der Waals surface area contributed by atoms with E-state index in [1.807, 2.05) is 0 Å². The van der Waals surface area contributed by atoms with Crippen LogP contribution in [0.25, 0.3) is 0 Å². The zero-order valence-corrected chi connectivity index (χ0v) is 22.0. The lowest BCUT2D eigenvalue weighted by Crippen LogP contribution is -2.44. The van der Waals surface area contributed by atoms with Gasteiger partial charge >= 0.3 is 19.4 Å². The maximum absolute atomic E-state index is 13.7. The molecule has 4 rings (SSSR count). The van der Waals surface area contributed by atoms with E-state index in [2.05, 4.69) is 10.1 Å². The minimum atomic E-state index is -4.04. The van der Waals surface area contributed by atoms with Gasteiger partial charge in [0.25, 0.3) is 5.56 Å². The number of aromatic amines is 1. The van der Waals surface area contributed by atoms with Crippen molar-refractivity contribution < 1.29 is 27.9 Å².